The molecule has 0 fully saturated rings. The first-order valence-corrected chi connectivity index (χ1v) is 8.68. The molecule has 4 heteroatoms. The lowest BCUT2D eigenvalue weighted by molar-refractivity contribution is 0.306. The largest absolute Gasteiger partial charge is 0.497 e. The first kappa shape index (κ1) is 17.2. The number of ether oxygens (including phenoxy) is 2. The second kappa shape index (κ2) is 8.49. The Hall–Kier alpha value is -2.59. The van der Waals surface area contributed by atoms with Gasteiger partial charge in [-0.25, -0.2) is 0 Å². The Morgan fingerprint density at radius 2 is 1.72 bits per heavy atom. The number of halogens is 1. The second-order valence-electron chi connectivity index (χ2n) is 5.41. The van der Waals surface area contributed by atoms with Crippen LogP contribution in [-0.2, 0) is 6.61 Å². The van der Waals surface area contributed by atoms with E-state index >= 15 is 0 Å². The van der Waals surface area contributed by atoms with Crippen molar-refractivity contribution in [2.24, 2.45) is 4.99 Å². The maximum atomic E-state index is 5.97. The molecule has 3 rings (SSSR count). The highest BCUT2D eigenvalue weighted by atomic mass is 79.9. The lowest BCUT2D eigenvalue weighted by Crippen LogP contribution is -1.98. The van der Waals surface area contributed by atoms with Gasteiger partial charge in [0, 0.05) is 16.3 Å². The SMILES string of the molecule is COc1ccc(N=Cc2cc(Br)ccc2OCc2ccccc2)cc1. The molecule has 0 saturated carbocycles. The molecule has 3 aromatic rings. The van der Waals surface area contributed by atoms with Crippen molar-refractivity contribution >= 4 is 27.8 Å². The maximum absolute atomic E-state index is 5.97. The van der Waals surface area contributed by atoms with Gasteiger partial charge in [-0.1, -0.05) is 46.3 Å². The predicted octanol–water partition coefficient (Wildman–Crippen LogP) is 5.79. The highest BCUT2D eigenvalue weighted by Crippen LogP contribution is 2.24. The number of hydrogen-bond acceptors (Lipinski definition) is 3. The Balaban J connectivity index is 1.77. The van der Waals surface area contributed by atoms with Crippen LogP contribution >= 0.6 is 15.9 Å². The van der Waals surface area contributed by atoms with Gasteiger partial charge < -0.3 is 9.47 Å². The molecule has 0 radical (unpaired) electrons. The maximum Gasteiger partial charge on any atom is 0.128 e. The predicted molar refractivity (Wildman–Crippen MR) is 105 cm³/mol. The van der Waals surface area contributed by atoms with Gasteiger partial charge in [0.2, 0.25) is 0 Å². The molecule has 0 amide bonds. The molecule has 0 aliphatic rings. The van der Waals surface area contributed by atoms with Crippen molar-refractivity contribution in [2.45, 2.75) is 6.61 Å². The number of hydrogen-bond donors (Lipinski definition) is 0. The van der Waals surface area contributed by atoms with Gasteiger partial charge in [-0.2, -0.15) is 0 Å². The third-order valence-corrected chi connectivity index (χ3v) is 4.13. The molecule has 0 aliphatic carbocycles. The van der Waals surface area contributed by atoms with Gasteiger partial charge in [0.1, 0.15) is 18.1 Å². The Bertz CT molecular complexity index is 846. The third-order valence-electron chi connectivity index (χ3n) is 3.63. The van der Waals surface area contributed by atoms with Gasteiger partial charge in [0.25, 0.3) is 0 Å². The monoisotopic (exact) mass is 395 g/mol. The van der Waals surface area contributed by atoms with E-state index in [2.05, 4.69) is 20.9 Å². The van der Waals surface area contributed by atoms with Gasteiger partial charge in [0.15, 0.2) is 0 Å². The van der Waals surface area contributed by atoms with Crippen molar-refractivity contribution < 1.29 is 9.47 Å². The van der Waals surface area contributed by atoms with E-state index in [0.717, 1.165) is 32.8 Å². The molecule has 3 aromatic carbocycles. The zero-order chi connectivity index (χ0) is 17.5. The van der Waals surface area contributed by atoms with E-state index in [9.17, 15) is 0 Å². The molecule has 25 heavy (non-hydrogen) atoms. The zero-order valence-corrected chi connectivity index (χ0v) is 15.4. The highest BCUT2D eigenvalue weighted by molar-refractivity contribution is 9.10. The molecule has 0 unspecified atom stereocenters. The number of aliphatic imine (C=N–C) groups is 1. The molecular formula is C21H18BrNO2. The number of rotatable bonds is 6. The Kier molecular flexibility index (Phi) is 5.86. The fourth-order valence-corrected chi connectivity index (χ4v) is 2.68. The molecule has 0 saturated heterocycles. The van der Waals surface area contributed by atoms with Gasteiger partial charge >= 0.3 is 0 Å². The highest BCUT2D eigenvalue weighted by Gasteiger charge is 2.04. The lowest BCUT2D eigenvalue weighted by atomic mass is 10.2. The van der Waals surface area contributed by atoms with Gasteiger partial charge in [-0.3, -0.25) is 4.99 Å². The van der Waals surface area contributed by atoms with E-state index in [0.29, 0.717) is 6.61 Å². The average molecular weight is 396 g/mol. The van der Waals surface area contributed by atoms with Crippen LogP contribution in [0.1, 0.15) is 11.1 Å². The van der Waals surface area contributed by atoms with Crippen LogP contribution in [0.4, 0.5) is 5.69 Å². The van der Waals surface area contributed by atoms with E-state index in [-0.39, 0.29) is 0 Å². The summed E-state index contributed by atoms with van der Waals surface area (Å²) in [5, 5.41) is 0. The summed E-state index contributed by atoms with van der Waals surface area (Å²) in [7, 11) is 1.65. The molecule has 3 nitrogen and oxygen atoms in total. The first-order chi connectivity index (χ1) is 12.2. The molecule has 0 atom stereocenters. The summed E-state index contributed by atoms with van der Waals surface area (Å²) in [6.45, 7) is 0.520. The van der Waals surface area contributed by atoms with E-state index in [4.69, 9.17) is 9.47 Å². The zero-order valence-electron chi connectivity index (χ0n) is 13.9. The number of benzene rings is 3. The molecular weight excluding hydrogens is 378 g/mol. The van der Waals surface area contributed by atoms with Gasteiger partial charge in [0.05, 0.1) is 12.8 Å². The van der Waals surface area contributed by atoms with E-state index in [1.54, 1.807) is 7.11 Å². The molecule has 0 spiro atoms. The molecule has 0 N–H and O–H groups in total. The van der Waals surface area contributed by atoms with Crippen LogP contribution < -0.4 is 9.47 Å². The van der Waals surface area contributed by atoms with Crippen molar-refractivity contribution in [1.29, 1.82) is 0 Å². The first-order valence-electron chi connectivity index (χ1n) is 7.89. The Morgan fingerprint density at radius 3 is 2.44 bits per heavy atom. The summed E-state index contributed by atoms with van der Waals surface area (Å²) in [4.78, 5) is 4.53. The smallest absolute Gasteiger partial charge is 0.128 e. The third kappa shape index (κ3) is 4.94. The summed E-state index contributed by atoms with van der Waals surface area (Å²) >= 11 is 3.50. The molecule has 0 aromatic heterocycles. The molecule has 0 bridgehead atoms. The van der Waals surface area contributed by atoms with Crippen LogP contribution in [0.5, 0.6) is 11.5 Å². The van der Waals surface area contributed by atoms with Crippen LogP contribution in [0.3, 0.4) is 0 Å². The van der Waals surface area contributed by atoms with Crippen molar-refractivity contribution in [3.63, 3.8) is 0 Å². The van der Waals surface area contributed by atoms with Crippen molar-refractivity contribution in [3.8, 4) is 11.5 Å². The van der Waals surface area contributed by atoms with Crippen LogP contribution in [-0.4, -0.2) is 13.3 Å². The second-order valence-corrected chi connectivity index (χ2v) is 6.33. The van der Waals surface area contributed by atoms with Crippen molar-refractivity contribution in [2.75, 3.05) is 7.11 Å². The minimum absolute atomic E-state index is 0.520. The quantitative estimate of drug-likeness (QED) is 0.494. The van der Waals surface area contributed by atoms with Crippen LogP contribution in [0.2, 0.25) is 0 Å². The standard InChI is InChI=1S/C21H18BrNO2/c1-24-20-10-8-19(9-11-20)23-14-17-13-18(22)7-12-21(17)25-15-16-5-3-2-4-6-16/h2-14H,15H2,1H3. The molecule has 126 valence electrons. The van der Waals surface area contributed by atoms with E-state index in [1.165, 1.54) is 0 Å². The fourth-order valence-electron chi connectivity index (χ4n) is 2.30. The number of nitrogens with zero attached hydrogens (tertiary/aromatic N) is 1. The normalized spacial score (nSPS) is 10.8. The average Bonchev–Trinajstić information content (AvgIpc) is 2.67. The summed E-state index contributed by atoms with van der Waals surface area (Å²) < 4.78 is 12.1. The topological polar surface area (TPSA) is 30.8 Å². The molecule has 0 heterocycles. The van der Waals surface area contributed by atoms with E-state index < -0.39 is 0 Å². The lowest BCUT2D eigenvalue weighted by Gasteiger charge is -2.09. The number of methoxy groups -OCH3 is 1. The van der Waals surface area contributed by atoms with Crippen LogP contribution in [0.25, 0.3) is 0 Å². The van der Waals surface area contributed by atoms with Crippen molar-refractivity contribution in [1.82, 2.24) is 0 Å². The fraction of sp³-hybridized carbons (Fsp3) is 0.0952. The van der Waals surface area contributed by atoms with Gasteiger partial charge in [-0.05, 0) is 48.0 Å². The van der Waals surface area contributed by atoms with Crippen molar-refractivity contribution in [3.05, 3.63) is 88.4 Å². The summed E-state index contributed by atoms with van der Waals surface area (Å²) in [5.41, 5.74) is 2.90. The Morgan fingerprint density at radius 1 is 0.960 bits per heavy atom. The summed E-state index contributed by atoms with van der Waals surface area (Å²) in [6, 6.07) is 23.6. The Labute approximate surface area is 156 Å². The van der Waals surface area contributed by atoms with Crippen LogP contribution in [0.15, 0.2) is 82.3 Å². The minimum Gasteiger partial charge on any atom is -0.497 e. The summed E-state index contributed by atoms with van der Waals surface area (Å²) in [5.74, 6) is 1.61. The molecule has 0 aliphatic heterocycles. The summed E-state index contributed by atoms with van der Waals surface area (Å²) in [6.07, 6.45) is 1.81. The van der Waals surface area contributed by atoms with E-state index in [1.807, 2.05) is 79.0 Å². The minimum atomic E-state index is 0.520. The van der Waals surface area contributed by atoms with Crippen LogP contribution in [0, 0.1) is 0 Å². The van der Waals surface area contributed by atoms with Gasteiger partial charge in [-0.15, -0.1) is 0 Å².